The van der Waals surface area contributed by atoms with Gasteiger partial charge in [-0.1, -0.05) is 0 Å². The van der Waals surface area contributed by atoms with Crippen molar-refractivity contribution in [3.8, 4) is 0 Å². The van der Waals surface area contributed by atoms with Crippen LogP contribution in [0.2, 0.25) is 0 Å². The number of hydrogen-bond donors (Lipinski definition) is 0. The molecule has 0 aromatic heterocycles. The molecule has 2 atom stereocenters. The van der Waals surface area contributed by atoms with Crippen molar-refractivity contribution in [2.24, 2.45) is 0 Å². The molecule has 3 aliphatic heterocycles. The predicted octanol–water partition coefficient (Wildman–Crippen LogP) is 2.23. The zero-order valence-corrected chi connectivity index (χ0v) is 13.1. The van der Waals surface area contributed by atoms with Crippen LogP contribution in [-0.2, 0) is 0 Å². The van der Waals surface area contributed by atoms with E-state index in [2.05, 4.69) is 56.4 Å². The fourth-order valence-electron chi connectivity index (χ4n) is 3.24. The molecule has 3 saturated heterocycles. The van der Waals surface area contributed by atoms with E-state index in [9.17, 15) is 0 Å². The normalized spacial score (nSPS) is 30.7. The van der Waals surface area contributed by atoms with Crippen LogP contribution in [0.4, 0.5) is 0 Å². The van der Waals surface area contributed by atoms with Crippen molar-refractivity contribution in [1.29, 1.82) is 0 Å². The molecule has 3 nitrogen and oxygen atoms in total. The van der Waals surface area contributed by atoms with Crippen LogP contribution in [0.3, 0.4) is 0 Å². The molecule has 3 aliphatic rings. The second-order valence-electron chi connectivity index (χ2n) is 7.46. The Kier molecular flexibility index (Phi) is 4.05. The number of nitrogens with zero attached hydrogens (tertiary/aromatic N) is 3. The average Bonchev–Trinajstić information content (AvgIpc) is 2.28. The minimum atomic E-state index is 0.272. The summed E-state index contributed by atoms with van der Waals surface area (Å²) >= 11 is 0. The SMILES string of the molecule is CC(C)N1CC2CCC1CN2CN(C)C(C)(C)C. The zero-order valence-electron chi connectivity index (χ0n) is 13.1. The van der Waals surface area contributed by atoms with Crippen LogP contribution in [0.15, 0.2) is 0 Å². The van der Waals surface area contributed by atoms with Gasteiger partial charge in [-0.25, -0.2) is 0 Å². The summed E-state index contributed by atoms with van der Waals surface area (Å²) in [5.41, 5.74) is 0.272. The molecule has 0 spiro atoms. The summed E-state index contributed by atoms with van der Waals surface area (Å²) in [7, 11) is 2.25. The van der Waals surface area contributed by atoms with Crippen LogP contribution in [0.25, 0.3) is 0 Å². The van der Waals surface area contributed by atoms with Crippen LogP contribution in [0, 0.1) is 0 Å². The van der Waals surface area contributed by atoms with Crippen molar-refractivity contribution in [2.75, 3.05) is 26.8 Å². The van der Waals surface area contributed by atoms with Crippen LogP contribution in [0.1, 0.15) is 47.5 Å². The van der Waals surface area contributed by atoms with E-state index in [1.807, 2.05) is 0 Å². The molecule has 0 aliphatic carbocycles. The van der Waals surface area contributed by atoms with E-state index in [1.165, 1.54) is 25.9 Å². The van der Waals surface area contributed by atoms with E-state index < -0.39 is 0 Å². The Morgan fingerprint density at radius 3 is 2.17 bits per heavy atom. The van der Waals surface area contributed by atoms with E-state index >= 15 is 0 Å². The highest BCUT2D eigenvalue weighted by atomic mass is 15.4. The maximum atomic E-state index is 2.71. The van der Waals surface area contributed by atoms with Crippen LogP contribution < -0.4 is 0 Å². The highest BCUT2D eigenvalue weighted by molar-refractivity contribution is 4.96. The Morgan fingerprint density at radius 1 is 1.11 bits per heavy atom. The quantitative estimate of drug-likeness (QED) is 0.764. The van der Waals surface area contributed by atoms with Gasteiger partial charge >= 0.3 is 0 Å². The molecule has 18 heavy (non-hydrogen) atoms. The topological polar surface area (TPSA) is 9.72 Å². The van der Waals surface area contributed by atoms with Gasteiger partial charge in [-0.2, -0.15) is 0 Å². The minimum Gasteiger partial charge on any atom is -0.295 e. The zero-order chi connectivity index (χ0) is 13.5. The van der Waals surface area contributed by atoms with E-state index in [0.29, 0.717) is 6.04 Å². The number of piperazine rings is 1. The molecule has 0 N–H and O–H groups in total. The fraction of sp³-hybridized carbons (Fsp3) is 1.00. The van der Waals surface area contributed by atoms with Gasteiger partial charge in [-0.05, 0) is 54.5 Å². The molecular weight excluding hydrogens is 222 g/mol. The van der Waals surface area contributed by atoms with Gasteiger partial charge in [0.1, 0.15) is 0 Å². The number of hydrogen-bond acceptors (Lipinski definition) is 3. The second kappa shape index (κ2) is 5.10. The second-order valence-corrected chi connectivity index (χ2v) is 7.46. The maximum absolute atomic E-state index is 2.71. The largest absolute Gasteiger partial charge is 0.295 e. The standard InChI is InChI=1S/C15H31N3/c1-12(2)18-10-13-7-8-14(18)9-17(13)11-16(6)15(3,4)5/h12-14H,7-11H2,1-6H3. The highest BCUT2D eigenvalue weighted by Gasteiger charge is 2.40. The third-order valence-electron chi connectivity index (χ3n) is 4.89. The van der Waals surface area contributed by atoms with Gasteiger partial charge in [0.2, 0.25) is 0 Å². The Morgan fingerprint density at radius 2 is 1.72 bits per heavy atom. The average molecular weight is 253 g/mol. The van der Waals surface area contributed by atoms with Gasteiger partial charge in [0.05, 0.1) is 6.67 Å². The lowest BCUT2D eigenvalue weighted by molar-refractivity contribution is -0.0651. The summed E-state index contributed by atoms with van der Waals surface area (Å²) in [5.74, 6) is 0. The predicted molar refractivity (Wildman–Crippen MR) is 77.7 cm³/mol. The van der Waals surface area contributed by atoms with Gasteiger partial charge in [0.25, 0.3) is 0 Å². The lowest BCUT2D eigenvalue weighted by Crippen LogP contribution is -2.65. The van der Waals surface area contributed by atoms with Crippen LogP contribution in [-0.4, -0.2) is 65.2 Å². The molecule has 2 bridgehead atoms. The summed E-state index contributed by atoms with van der Waals surface area (Å²) < 4.78 is 0. The Hall–Kier alpha value is -0.120. The van der Waals surface area contributed by atoms with E-state index in [0.717, 1.165) is 18.8 Å². The van der Waals surface area contributed by atoms with Crippen LogP contribution >= 0.6 is 0 Å². The van der Waals surface area contributed by atoms with Crippen molar-refractivity contribution < 1.29 is 0 Å². The Balaban J connectivity index is 1.95. The van der Waals surface area contributed by atoms with Gasteiger partial charge < -0.3 is 0 Å². The monoisotopic (exact) mass is 253 g/mol. The first-order valence-corrected chi connectivity index (χ1v) is 7.50. The summed E-state index contributed by atoms with van der Waals surface area (Å²) in [6.07, 6.45) is 2.80. The maximum Gasteiger partial charge on any atom is 0.0512 e. The molecule has 106 valence electrons. The van der Waals surface area contributed by atoms with Gasteiger partial charge in [-0.15, -0.1) is 0 Å². The summed E-state index contributed by atoms with van der Waals surface area (Å²) in [5, 5.41) is 0. The molecular formula is C15H31N3. The van der Waals surface area contributed by atoms with Crippen molar-refractivity contribution in [3.05, 3.63) is 0 Å². The number of fused-ring (bicyclic) bond motifs is 3. The Labute approximate surface area is 113 Å². The summed E-state index contributed by atoms with van der Waals surface area (Å²) in [6, 6.07) is 2.28. The molecule has 0 aromatic carbocycles. The van der Waals surface area contributed by atoms with Crippen molar-refractivity contribution >= 4 is 0 Å². The lowest BCUT2D eigenvalue weighted by Gasteiger charge is -2.54. The van der Waals surface area contributed by atoms with Gasteiger partial charge in [0.15, 0.2) is 0 Å². The first kappa shape index (κ1) is 14.3. The first-order chi connectivity index (χ1) is 8.29. The summed E-state index contributed by atoms with van der Waals surface area (Å²) in [6.45, 7) is 15.2. The molecule has 3 fully saturated rings. The molecule has 2 unspecified atom stereocenters. The van der Waals surface area contributed by atoms with Crippen molar-refractivity contribution in [3.63, 3.8) is 0 Å². The highest BCUT2D eigenvalue weighted by Crippen LogP contribution is 2.30. The number of rotatable bonds is 3. The van der Waals surface area contributed by atoms with Gasteiger partial charge in [0, 0.05) is 36.8 Å². The molecule has 3 heteroatoms. The molecule has 0 saturated carbocycles. The van der Waals surface area contributed by atoms with Crippen LogP contribution in [0.5, 0.6) is 0 Å². The third-order valence-corrected chi connectivity index (χ3v) is 4.89. The molecule has 0 radical (unpaired) electrons. The third kappa shape index (κ3) is 2.89. The molecule has 0 amide bonds. The lowest BCUT2D eigenvalue weighted by atomic mass is 9.90. The van der Waals surface area contributed by atoms with Crippen molar-refractivity contribution in [2.45, 2.75) is 71.1 Å². The first-order valence-electron chi connectivity index (χ1n) is 7.50. The molecule has 0 aromatic rings. The summed E-state index contributed by atoms with van der Waals surface area (Å²) in [4.78, 5) is 7.90. The van der Waals surface area contributed by atoms with E-state index in [-0.39, 0.29) is 5.54 Å². The fourth-order valence-corrected chi connectivity index (χ4v) is 3.24. The number of piperidine rings is 2. The molecule has 3 heterocycles. The molecule has 3 rings (SSSR count). The smallest absolute Gasteiger partial charge is 0.0512 e. The Bertz CT molecular complexity index is 282. The van der Waals surface area contributed by atoms with Gasteiger partial charge in [-0.3, -0.25) is 14.7 Å². The van der Waals surface area contributed by atoms with E-state index in [1.54, 1.807) is 0 Å². The van der Waals surface area contributed by atoms with Crippen molar-refractivity contribution in [1.82, 2.24) is 14.7 Å². The minimum absolute atomic E-state index is 0.272. The van der Waals surface area contributed by atoms with E-state index in [4.69, 9.17) is 0 Å².